The van der Waals surface area contributed by atoms with Crippen LogP contribution in [0.3, 0.4) is 0 Å². The lowest BCUT2D eigenvalue weighted by atomic mass is 10.1. The molecule has 0 fully saturated rings. The van der Waals surface area contributed by atoms with Crippen molar-refractivity contribution in [2.24, 2.45) is 0 Å². The SMILES string of the molecule is CSC(C)CCNC(=O)CCCC(=O)NC(C)(C)C. The van der Waals surface area contributed by atoms with Crippen LogP contribution < -0.4 is 10.6 Å². The highest BCUT2D eigenvalue weighted by molar-refractivity contribution is 7.99. The van der Waals surface area contributed by atoms with Crippen molar-refractivity contribution in [2.75, 3.05) is 12.8 Å². The van der Waals surface area contributed by atoms with E-state index in [4.69, 9.17) is 0 Å². The average molecular weight is 288 g/mol. The number of nitrogens with one attached hydrogen (secondary N) is 2. The van der Waals surface area contributed by atoms with Crippen molar-refractivity contribution in [3.05, 3.63) is 0 Å². The van der Waals surface area contributed by atoms with Gasteiger partial charge in [-0.05, 0) is 39.9 Å². The quantitative estimate of drug-likeness (QED) is 0.720. The molecule has 0 aromatic carbocycles. The van der Waals surface area contributed by atoms with Gasteiger partial charge < -0.3 is 10.6 Å². The van der Waals surface area contributed by atoms with Crippen LogP contribution in [-0.2, 0) is 9.59 Å². The predicted molar refractivity (Wildman–Crippen MR) is 82.4 cm³/mol. The van der Waals surface area contributed by atoms with Crippen molar-refractivity contribution in [2.45, 2.75) is 64.2 Å². The van der Waals surface area contributed by atoms with E-state index in [1.54, 1.807) is 11.8 Å². The van der Waals surface area contributed by atoms with Gasteiger partial charge in [-0.3, -0.25) is 9.59 Å². The van der Waals surface area contributed by atoms with E-state index in [1.807, 2.05) is 20.8 Å². The minimum Gasteiger partial charge on any atom is -0.356 e. The first-order valence-corrected chi connectivity index (χ1v) is 8.14. The van der Waals surface area contributed by atoms with Crippen molar-refractivity contribution in [1.29, 1.82) is 0 Å². The molecule has 19 heavy (non-hydrogen) atoms. The number of thioether (sulfide) groups is 1. The van der Waals surface area contributed by atoms with Gasteiger partial charge in [-0.15, -0.1) is 0 Å². The molecule has 0 heterocycles. The zero-order valence-electron chi connectivity index (χ0n) is 12.8. The van der Waals surface area contributed by atoms with E-state index in [0.717, 1.165) is 13.0 Å². The molecular formula is C14H28N2O2S. The summed E-state index contributed by atoms with van der Waals surface area (Å²) in [6.45, 7) is 8.71. The van der Waals surface area contributed by atoms with Crippen LogP contribution in [0.1, 0.15) is 53.4 Å². The van der Waals surface area contributed by atoms with Crippen LogP contribution in [0, 0.1) is 0 Å². The summed E-state index contributed by atoms with van der Waals surface area (Å²) in [5.74, 6) is 0.0492. The Morgan fingerprint density at radius 1 is 1.16 bits per heavy atom. The molecule has 0 spiro atoms. The van der Waals surface area contributed by atoms with Crippen LogP contribution in [0.5, 0.6) is 0 Å². The second kappa shape index (κ2) is 9.23. The van der Waals surface area contributed by atoms with Crippen LogP contribution in [0.25, 0.3) is 0 Å². The lowest BCUT2D eigenvalue weighted by molar-refractivity contribution is -0.123. The molecule has 1 atom stereocenters. The van der Waals surface area contributed by atoms with Gasteiger partial charge in [-0.2, -0.15) is 11.8 Å². The Morgan fingerprint density at radius 3 is 2.26 bits per heavy atom. The number of hydrogen-bond acceptors (Lipinski definition) is 3. The molecule has 2 amide bonds. The zero-order valence-corrected chi connectivity index (χ0v) is 13.7. The van der Waals surface area contributed by atoms with Crippen LogP contribution >= 0.6 is 11.8 Å². The molecule has 0 rings (SSSR count). The van der Waals surface area contributed by atoms with E-state index >= 15 is 0 Å². The van der Waals surface area contributed by atoms with Gasteiger partial charge in [0.25, 0.3) is 0 Å². The Hall–Kier alpha value is -0.710. The second-order valence-electron chi connectivity index (χ2n) is 5.84. The van der Waals surface area contributed by atoms with E-state index in [0.29, 0.717) is 24.5 Å². The van der Waals surface area contributed by atoms with Gasteiger partial charge in [-0.1, -0.05) is 6.92 Å². The van der Waals surface area contributed by atoms with Crippen LogP contribution in [0.15, 0.2) is 0 Å². The highest BCUT2D eigenvalue weighted by atomic mass is 32.2. The van der Waals surface area contributed by atoms with Gasteiger partial charge in [0, 0.05) is 30.2 Å². The molecule has 0 bridgehead atoms. The maximum atomic E-state index is 11.5. The zero-order chi connectivity index (χ0) is 14.9. The first-order valence-electron chi connectivity index (χ1n) is 6.85. The molecule has 0 aromatic heterocycles. The number of amides is 2. The second-order valence-corrected chi connectivity index (χ2v) is 7.11. The topological polar surface area (TPSA) is 58.2 Å². The summed E-state index contributed by atoms with van der Waals surface area (Å²) < 4.78 is 0. The van der Waals surface area contributed by atoms with Crippen LogP contribution in [0.2, 0.25) is 0 Å². The van der Waals surface area contributed by atoms with Gasteiger partial charge in [0.05, 0.1) is 0 Å². The molecular weight excluding hydrogens is 260 g/mol. The molecule has 1 unspecified atom stereocenters. The van der Waals surface area contributed by atoms with E-state index in [9.17, 15) is 9.59 Å². The van der Waals surface area contributed by atoms with E-state index in [-0.39, 0.29) is 17.4 Å². The third-order valence-corrected chi connectivity index (χ3v) is 3.64. The standard InChI is InChI=1S/C14H28N2O2S/c1-11(19-5)9-10-15-12(17)7-6-8-13(18)16-14(2,3)4/h11H,6-10H2,1-5H3,(H,15,17)(H,16,18). The summed E-state index contributed by atoms with van der Waals surface area (Å²) in [5.41, 5.74) is -0.201. The summed E-state index contributed by atoms with van der Waals surface area (Å²) in [6.07, 6.45) is 4.49. The summed E-state index contributed by atoms with van der Waals surface area (Å²) >= 11 is 1.80. The Kier molecular flexibility index (Phi) is 8.89. The van der Waals surface area contributed by atoms with E-state index in [2.05, 4.69) is 23.8 Å². The lowest BCUT2D eigenvalue weighted by Gasteiger charge is -2.20. The molecule has 0 aliphatic rings. The monoisotopic (exact) mass is 288 g/mol. The lowest BCUT2D eigenvalue weighted by Crippen LogP contribution is -2.40. The first kappa shape index (κ1) is 18.3. The van der Waals surface area contributed by atoms with E-state index < -0.39 is 0 Å². The van der Waals surface area contributed by atoms with Crippen molar-refractivity contribution in [1.82, 2.24) is 10.6 Å². The Balaban J connectivity index is 3.61. The maximum absolute atomic E-state index is 11.5. The molecule has 5 heteroatoms. The maximum Gasteiger partial charge on any atom is 0.220 e. The van der Waals surface area contributed by atoms with Crippen molar-refractivity contribution >= 4 is 23.6 Å². The normalized spacial score (nSPS) is 12.9. The summed E-state index contributed by atoms with van der Waals surface area (Å²) in [4.78, 5) is 23.1. The summed E-state index contributed by atoms with van der Waals surface area (Å²) in [5, 5.41) is 6.34. The first-order chi connectivity index (χ1) is 8.74. The minimum atomic E-state index is -0.201. The van der Waals surface area contributed by atoms with Crippen LogP contribution in [0.4, 0.5) is 0 Å². The van der Waals surface area contributed by atoms with Crippen molar-refractivity contribution < 1.29 is 9.59 Å². The third-order valence-electron chi connectivity index (χ3n) is 2.60. The summed E-state index contributed by atoms with van der Waals surface area (Å²) in [7, 11) is 0. The fourth-order valence-electron chi connectivity index (χ4n) is 1.51. The fraction of sp³-hybridized carbons (Fsp3) is 0.857. The fourth-order valence-corrected chi connectivity index (χ4v) is 1.86. The van der Waals surface area contributed by atoms with Gasteiger partial charge in [-0.25, -0.2) is 0 Å². The number of carbonyl (C=O) groups excluding carboxylic acids is 2. The smallest absolute Gasteiger partial charge is 0.220 e. The van der Waals surface area contributed by atoms with Gasteiger partial charge in [0.15, 0.2) is 0 Å². The predicted octanol–water partition coefficient (Wildman–Crippen LogP) is 2.33. The molecule has 0 aliphatic heterocycles. The number of carbonyl (C=O) groups is 2. The average Bonchev–Trinajstić information content (AvgIpc) is 2.26. The molecule has 0 saturated carbocycles. The van der Waals surface area contributed by atoms with Gasteiger partial charge in [0.1, 0.15) is 0 Å². The molecule has 0 aliphatic carbocycles. The molecule has 0 saturated heterocycles. The Labute approximate surface area is 121 Å². The highest BCUT2D eigenvalue weighted by Gasteiger charge is 2.13. The highest BCUT2D eigenvalue weighted by Crippen LogP contribution is 2.08. The molecule has 2 N–H and O–H groups in total. The Morgan fingerprint density at radius 2 is 1.74 bits per heavy atom. The largest absolute Gasteiger partial charge is 0.356 e. The van der Waals surface area contributed by atoms with Gasteiger partial charge in [0.2, 0.25) is 11.8 Å². The van der Waals surface area contributed by atoms with E-state index in [1.165, 1.54) is 0 Å². The van der Waals surface area contributed by atoms with Crippen LogP contribution in [-0.4, -0.2) is 35.4 Å². The number of hydrogen-bond donors (Lipinski definition) is 2. The minimum absolute atomic E-state index is 0.0105. The van der Waals surface area contributed by atoms with Gasteiger partial charge >= 0.3 is 0 Å². The molecule has 0 aromatic rings. The van der Waals surface area contributed by atoms with Crippen molar-refractivity contribution in [3.8, 4) is 0 Å². The molecule has 4 nitrogen and oxygen atoms in total. The molecule has 0 radical (unpaired) electrons. The third kappa shape index (κ3) is 12.1. The van der Waals surface area contributed by atoms with Crippen molar-refractivity contribution in [3.63, 3.8) is 0 Å². The molecule has 112 valence electrons. The number of rotatable bonds is 8. The summed E-state index contributed by atoms with van der Waals surface area (Å²) in [6, 6.07) is 0. The Bertz CT molecular complexity index is 288.